The van der Waals surface area contributed by atoms with Gasteiger partial charge in [-0.3, -0.25) is 14.5 Å². The van der Waals surface area contributed by atoms with Gasteiger partial charge in [0.05, 0.1) is 5.56 Å². The van der Waals surface area contributed by atoms with Crippen LogP contribution in [0.2, 0.25) is 0 Å². The summed E-state index contributed by atoms with van der Waals surface area (Å²) in [6, 6.07) is 3.77. The highest BCUT2D eigenvalue weighted by Crippen LogP contribution is 2.20. The maximum Gasteiger partial charge on any atom is 0.255 e. The van der Waals surface area contributed by atoms with Crippen LogP contribution in [0.5, 0.6) is 0 Å². The molecule has 1 atom stereocenters. The zero-order valence-corrected chi connectivity index (χ0v) is 15.1. The molecule has 25 heavy (non-hydrogen) atoms. The normalized spacial score (nSPS) is 18.2. The third-order valence-electron chi connectivity index (χ3n) is 4.69. The summed E-state index contributed by atoms with van der Waals surface area (Å²) in [7, 11) is 1.83. The molecule has 2 aromatic rings. The minimum Gasteiger partial charge on any atom is -0.352 e. The third kappa shape index (κ3) is 4.66. The molecular weight excluding hydrogens is 314 g/mol. The van der Waals surface area contributed by atoms with Gasteiger partial charge in [-0.25, -0.2) is 0 Å². The molecule has 0 spiro atoms. The van der Waals surface area contributed by atoms with E-state index in [4.69, 9.17) is 0 Å². The molecule has 134 valence electrons. The molecule has 2 aromatic heterocycles. The number of aromatic nitrogens is 3. The van der Waals surface area contributed by atoms with Crippen LogP contribution < -0.4 is 5.32 Å². The van der Waals surface area contributed by atoms with Crippen molar-refractivity contribution in [2.45, 2.75) is 26.2 Å². The SMILES string of the molecule is C[C@H]1CCCN(CCCNC(=O)c2cn(C)nc2-c2cccnc2)C1. The van der Waals surface area contributed by atoms with Crippen molar-refractivity contribution in [2.75, 3.05) is 26.2 Å². The first-order valence-electron chi connectivity index (χ1n) is 9.08. The highest BCUT2D eigenvalue weighted by Gasteiger charge is 2.18. The Labute approximate surface area is 149 Å². The van der Waals surface area contributed by atoms with Gasteiger partial charge in [0.15, 0.2) is 0 Å². The summed E-state index contributed by atoms with van der Waals surface area (Å²) in [4.78, 5) is 19.2. The second-order valence-corrected chi connectivity index (χ2v) is 6.96. The molecule has 0 aliphatic carbocycles. The van der Waals surface area contributed by atoms with Gasteiger partial charge < -0.3 is 10.2 Å². The largest absolute Gasteiger partial charge is 0.352 e. The Hall–Kier alpha value is -2.21. The Morgan fingerprint density at radius 2 is 2.32 bits per heavy atom. The lowest BCUT2D eigenvalue weighted by Crippen LogP contribution is -2.36. The molecule has 1 aliphatic heterocycles. The number of pyridine rings is 1. The van der Waals surface area contributed by atoms with Crippen LogP contribution in [0.15, 0.2) is 30.7 Å². The van der Waals surface area contributed by atoms with E-state index < -0.39 is 0 Å². The molecule has 1 fully saturated rings. The molecule has 6 nitrogen and oxygen atoms in total. The van der Waals surface area contributed by atoms with Gasteiger partial charge in [-0.1, -0.05) is 6.92 Å². The van der Waals surface area contributed by atoms with Crippen molar-refractivity contribution in [3.63, 3.8) is 0 Å². The maximum absolute atomic E-state index is 12.6. The van der Waals surface area contributed by atoms with Crippen molar-refractivity contribution >= 4 is 5.91 Å². The van der Waals surface area contributed by atoms with Gasteiger partial charge in [0.1, 0.15) is 5.69 Å². The van der Waals surface area contributed by atoms with E-state index in [0.29, 0.717) is 17.8 Å². The number of piperidine rings is 1. The first-order chi connectivity index (χ1) is 12.1. The predicted molar refractivity (Wildman–Crippen MR) is 98.2 cm³/mol. The van der Waals surface area contributed by atoms with Gasteiger partial charge in [-0.2, -0.15) is 5.10 Å². The fourth-order valence-corrected chi connectivity index (χ4v) is 3.46. The predicted octanol–water partition coefficient (Wildman–Crippen LogP) is 2.33. The fourth-order valence-electron chi connectivity index (χ4n) is 3.46. The van der Waals surface area contributed by atoms with Crippen molar-refractivity contribution in [2.24, 2.45) is 13.0 Å². The van der Waals surface area contributed by atoms with Crippen molar-refractivity contribution in [1.29, 1.82) is 0 Å². The first-order valence-corrected chi connectivity index (χ1v) is 9.08. The smallest absolute Gasteiger partial charge is 0.255 e. The van der Waals surface area contributed by atoms with Gasteiger partial charge in [-0.05, 0) is 50.4 Å². The molecule has 1 amide bonds. The number of likely N-dealkylation sites (tertiary alicyclic amines) is 1. The van der Waals surface area contributed by atoms with Crippen LogP contribution in [-0.2, 0) is 7.05 Å². The number of nitrogens with zero attached hydrogens (tertiary/aromatic N) is 4. The van der Waals surface area contributed by atoms with Crippen molar-refractivity contribution in [1.82, 2.24) is 25.0 Å². The zero-order valence-electron chi connectivity index (χ0n) is 15.1. The van der Waals surface area contributed by atoms with E-state index in [0.717, 1.165) is 24.4 Å². The molecule has 3 heterocycles. The molecular formula is C19H27N5O. The number of hydrogen-bond acceptors (Lipinski definition) is 4. The number of nitrogens with one attached hydrogen (secondary N) is 1. The Kier molecular flexibility index (Phi) is 5.81. The van der Waals surface area contributed by atoms with Crippen LogP contribution in [0.1, 0.15) is 36.5 Å². The first kappa shape index (κ1) is 17.6. The zero-order chi connectivity index (χ0) is 17.6. The number of carbonyl (C=O) groups is 1. The van der Waals surface area contributed by atoms with E-state index in [-0.39, 0.29) is 5.91 Å². The number of carbonyl (C=O) groups excluding carboxylic acids is 1. The van der Waals surface area contributed by atoms with Crippen LogP contribution in [0.25, 0.3) is 11.3 Å². The quantitative estimate of drug-likeness (QED) is 0.819. The van der Waals surface area contributed by atoms with Gasteiger partial charge in [-0.15, -0.1) is 0 Å². The van der Waals surface area contributed by atoms with Crippen LogP contribution in [0, 0.1) is 5.92 Å². The molecule has 0 radical (unpaired) electrons. The van der Waals surface area contributed by atoms with Gasteiger partial charge in [0.25, 0.3) is 5.91 Å². The minimum atomic E-state index is -0.0704. The second-order valence-electron chi connectivity index (χ2n) is 6.96. The summed E-state index contributed by atoms with van der Waals surface area (Å²) in [6.45, 7) is 6.42. The molecule has 0 unspecified atom stereocenters. The molecule has 0 bridgehead atoms. The summed E-state index contributed by atoms with van der Waals surface area (Å²) in [5.41, 5.74) is 2.13. The van der Waals surface area contributed by atoms with E-state index in [9.17, 15) is 4.79 Å². The molecule has 6 heteroatoms. The minimum absolute atomic E-state index is 0.0704. The molecule has 3 rings (SSSR count). The molecule has 1 saturated heterocycles. The van der Waals surface area contributed by atoms with Gasteiger partial charge in [0.2, 0.25) is 0 Å². The molecule has 0 saturated carbocycles. The number of aryl methyl sites for hydroxylation is 1. The lowest BCUT2D eigenvalue weighted by Gasteiger charge is -2.30. The van der Waals surface area contributed by atoms with Crippen molar-refractivity contribution in [3.05, 3.63) is 36.3 Å². The van der Waals surface area contributed by atoms with E-state index in [1.807, 2.05) is 19.2 Å². The highest BCUT2D eigenvalue weighted by molar-refractivity contribution is 5.99. The average Bonchev–Trinajstić information content (AvgIpc) is 3.01. The third-order valence-corrected chi connectivity index (χ3v) is 4.69. The summed E-state index contributed by atoms with van der Waals surface area (Å²) in [5, 5.41) is 7.45. The molecule has 0 aromatic carbocycles. The molecule has 1 N–H and O–H groups in total. The lowest BCUT2D eigenvalue weighted by atomic mass is 10.0. The lowest BCUT2D eigenvalue weighted by molar-refractivity contribution is 0.0950. The second kappa shape index (κ2) is 8.25. The van der Waals surface area contributed by atoms with Gasteiger partial charge >= 0.3 is 0 Å². The van der Waals surface area contributed by atoms with E-state index >= 15 is 0 Å². The Morgan fingerprint density at radius 1 is 1.44 bits per heavy atom. The van der Waals surface area contributed by atoms with Crippen LogP contribution in [0.3, 0.4) is 0 Å². The standard InChI is InChI=1S/C19H27N5O/c1-15-6-4-10-24(13-15)11-5-9-21-19(25)17-14-23(2)22-18(17)16-7-3-8-20-12-16/h3,7-8,12,14-15H,4-6,9-11,13H2,1-2H3,(H,21,25)/t15-/m0/s1. The van der Waals surface area contributed by atoms with Crippen molar-refractivity contribution in [3.8, 4) is 11.3 Å². The highest BCUT2D eigenvalue weighted by atomic mass is 16.1. The van der Waals surface area contributed by atoms with E-state index in [2.05, 4.69) is 27.2 Å². The van der Waals surface area contributed by atoms with Gasteiger partial charge in [0, 0.05) is 44.3 Å². The summed E-state index contributed by atoms with van der Waals surface area (Å²) in [6.07, 6.45) is 8.82. The number of rotatable bonds is 6. The molecule has 1 aliphatic rings. The Balaban J connectivity index is 1.53. The summed E-state index contributed by atoms with van der Waals surface area (Å²) < 4.78 is 1.67. The Morgan fingerprint density at radius 3 is 3.08 bits per heavy atom. The van der Waals surface area contributed by atoms with Crippen LogP contribution in [-0.4, -0.2) is 51.8 Å². The van der Waals surface area contributed by atoms with E-state index in [1.165, 1.54) is 25.9 Å². The summed E-state index contributed by atoms with van der Waals surface area (Å²) >= 11 is 0. The number of hydrogen-bond donors (Lipinski definition) is 1. The van der Waals surface area contributed by atoms with Crippen LogP contribution in [0.4, 0.5) is 0 Å². The fraction of sp³-hybridized carbons (Fsp3) is 0.526. The van der Waals surface area contributed by atoms with Crippen LogP contribution >= 0.6 is 0 Å². The maximum atomic E-state index is 12.6. The van der Waals surface area contributed by atoms with E-state index in [1.54, 1.807) is 23.3 Å². The average molecular weight is 341 g/mol. The monoisotopic (exact) mass is 341 g/mol. The number of amides is 1. The topological polar surface area (TPSA) is 63.1 Å². The Bertz CT molecular complexity index is 697. The van der Waals surface area contributed by atoms with Crippen molar-refractivity contribution < 1.29 is 4.79 Å². The summed E-state index contributed by atoms with van der Waals surface area (Å²) in [5.74, 6) is 0.722.